The highest BCUT2D eigenvalue weighted by atomic mass is 35.5. The lowest BCUT2D eigenvalue weighted by Crippen LogP contribution is -2.57. The molecule has 6 heterocycles. The molecule has 3 aromatic rings. The Morgan fingerprint density at radius 2 is 1.64 bits per heavy atom. The third-order valence-corrected chi connectivity index (χ3v) is 13.9. The SMILES string of the molecule is N#Cc1ncc(N2C(=S)N(c3ccc(C4CCN(CC5CCN(c6ccc7c(c6)C(=O)N(C6CCC(=O)NC6=O)C7=O)CC5)CC4)c(F)c3)C3(CCC3)C2O)cc1Cl. The van der Waals surface area contributed by atoms with Gasteiger partial charge in [-0.2, -0.15) is 5.26 Å². The number of imide groups is 2. The first-order chi connectivity index (χ1) is 28.0. The van der Waals surface area contributed by atoms with Gasteiger partial charge in [-0.1, -0.05) is 17.7 Å². The van der Waals surface area contributed by atoms with Crippen molar-refractivity contribution in [1.82, 2.24) is 20.1 Å². The van der Waals surface area contributed by atoms with Crippen LogP contribution in [0, 0.1) is 23.1 Å². The van der Waals surface area contributed by atoms with Crippen molar-refractivity contribution in [2.45, 2.75) is 81.5 Å². The average molecular weight is 825 g/mol. The van der Waals surface area contributed by atoms with Gasteiger partial charge >= 0.3 is 0 Å². The second kappa shape index (κ2) is 15.0. The summed E-state index contributed by atoms with van der Waals surface area (Å²) in [6.07, 6.45) is 6.61. The monoisotopic (exact) mass is 824 g/mol. The van der Waals surface area contributed by atoms with Crippen LogP contribution in [-0.4, -0.2) is 99.2 Å². The van der Waals surface area contributed by atoms with Crippen LogP contribution in [-0.2, 0) is 9.59 Å². The summed E-state index contributed by atoms with van der Waals surface area (Å²) in [5.41, 5.74) is 2.59. The van der Waals surface area contributed by atoms with Crippen molar-refractivity contribution in [3.63, 3.8) is 0 Å². The van der Waals surface area contributed by atoms with Crippen LogP contribution in [0.3, 0.4) is 0 Å². The third-order valence-electron chi connectivity index (χ3n) is 13.2. The predicted octanol–water partition coefficient (Wildman–Crippen LogP) is 5.10. The third kappa shape index (κ3) is 6.41. The number of nitrogens with zero attached hydrogens (tertiary/aromatic N) is 7. The van der Waals surface area contributed by atoms with E-state index in [9.17, 15) is 29.5 Å². The van der Waals surface area contributed by atoms with Gasteiger partial charge in [-0.15, -0.1) is 0 Å². The smallest absolute Gasteiger partial charge is 0.262 e. The Hall–Kier alpha value is -5.01. The minimum Gasteiger partial charge on any atom is -0.371 e. The summed E-state index contributed by atoms with van der Waals surface area (Å²) in [5, 5.41) is 23.6. The molecule has 2 unspecified atom stereocenters. The molecule has 6 aliphatic rings. The molecular weight excluding hydrogens is 783 g/mol. The molecule has 1 saturated carbocycles. The number of halogens is 2. The van der Waals surface area contributed by atoms with E-state index in [2.05, 4.69) is 20.1 Å². The van der Waals surface area contributed by atoms with E-state index in [-0.39, 0.29) is 40.9 Å². The largest absolute Gasteiger partial charge is 0.371 e. The van der Waals surface area contributed by atoms with Crippen LogP contribution in [0.4, 0.5) is 21.5 Å². The number of likely N-dealkylation sites (tertiary alicyclic amines) is 1. The van der Waals surface area contributed by atoms with Gasteiger partial charge in [0.25, 0.3) is 11.8 Å². The van der Waals surface area contributed by atoms with Crippen molar-refractivity contribution in [3.8, 4) is 6.07 Å². The summed E-state index contributed by atoms with van der Waals surface area (Å²) >= 11 is 12.2. The quantitative estimate of drug-likeness (QED) is 0.241. The first kappa shape index (κ1) is 38.5. The van der Waals surface area contributed by atoms with Crippen LogP contribution in [0.15, 0.2) is 48.7 Å². The number of rotatable bonds is 7. The normalized spacial score (nSPS) is 24.1. The molecule has 300 valence electrons. The molecule has 5 aliphatic heterocycles. The zero-order valence-corrected chi connectivity index (χ0v) is 33.3. The maximum Gasteiger partial charge on any atom is 0.262 e. The van der Waals surface area contributed by atoms with Gasteiger partial charge in [0.15, 0.2) is 17.0 Å². The van der Waals surface area contributed by atoms with Gasteiger partial charge in [-0.3, -0.25) is 34.3 Å². The zero-order valence-electron chi connectivity index (χ0n) is 31.7. The number of hydrogen-bond acceptors (Lipinski definition) is 10. The summed E-state index contributed by atoms with van der Waals surface area (Å²) in [6, 6.07) is 13.2. The molecular formula is C42H42ClFN8O5S. The summed E-state index contributed by atoms with van der Waals surface area (Å²) in [7, 11) is 0. The van der Waals surface area contributed by atoms with E-state index in [1.54, 1.807) is 29.2 Å². The van der Waals surface area contributed by atoms with Crippen LogP contribution >= 0.6 is 23.8 Å². The molecule has 0 bridgehead atoms. The first-order valence-corrected chi connectivity index (χ1v) is 20.8. The summed E-state index contributed by atoms with van der Waals surface area (Å²) in [6.45, 7) is 4.33. The lowest BCUT2D eigenvalue weighted by atomic mass is 9.74. The number of benzene rings is 2. The lowest BCUT2D eigenvalue weighted by Gasteiger charge is -2.47. The standard InChI is InChI=1S/C42H42ClFN8O5S/c43-32-19-28(22-46-34(32)21-45)50-40(57)42(12-1-13-42)52(41(50)58)27-3-4-29(33(44)20-27)25-10-14-48(15-11-25)23-24-8-16-49(17-9-24)26-2-5-30-31(18-26)39(56)51(38(30)55)35-6-7-36(53)47-37(35)54/h2-5,18-20,22,24-25,35,40,57H,1,6-17,23H2,(H,47,53,54). The molecule has 4 amide bonds. The van der Waals surface area contributed by atoms with Gasteiger partial charge in [-0.05, 0) is 130 Å². The fourth-order valence-corrected chi connectivity index (χ4v) is 10.5. The molecule has 4 saturated heterocycles. The van der Waals surface area contributed by atoms with Crippen molar-refractivity contribution < 1.29 is 28.7 Å². The van der Waals surface area contributed by atoms with E-state index in [4.69, 9.17) is 23.8 Å². The highest BCUT2D eigenvalue weighted by molar-refractivity contribution is 7.80. The Morgan fingerprint density at radius 1 is 0.914 bits per heavy atom. The molecule has 1 spiro atoms. The second-order valence-electron chi connectivity index (χ2n) is 16.3. The number of fused-ring (bicyclic) bond motifs is 1. The second-order valence-corrected chi connectivity index (χ2v) is 17.1. The van der Waals surface area contributed by atoms with Gasteiger partial charge < -0.3 is 19.8 Å². The van der Waals surface area contributed by atoms with E-state index in [1.807, 2.05) is 29.2 Å². The molecule has 2 atom stereocenters. The molecule has 16 heteroatoms. The number of aliphatic hydroxyl groups excluding tert-OH is 1. The molecule has 9 rings (SSSR count). The number of piperidine rings is 3. The number of aliphatic hydroxyl groups is 1. The number of anilines is 3. The van der Waals surface area contributed by atoms with Crippen LogP contribution in [0.1, 0.15) is 95.7 Å². The van der Waals surface area contributed by atoms with Gasteiger partial charge in [0.05, 0.1) is 33.6 Å². The Morgan fingerprint density at radius 3 is 2.29 bits per heavy atom. The highest BCUT2D eigenvalue weighted by Crippen LogP contribution is 2.50. The van der Waals surface area contributed by atoms with Crippen LogP contribution in [0.25, 0.3) is 0 Å². The Balaban J connectivity index is 0.793. The number of nitriles is 1. The fraction of sp³-hybridized carbons (Fsp3) is 0.452. The zero-order chi connectivity index (χ0) is 40.5. The number of pyridine rings is 1. The van der Waals surface area contributed by atoms with E-state index in [0.29, 0.717) is 46.4 Å². The molecule has 5 fully saturated rings. The van der Waals surface area contributed by atoms with Crippen molar-refractivity contribution in [2.24, 2.45) is 5.92 Å². The summed E-state index contributed by atoms with van der Waals surface area (Å²) in [4.78, 5) is 63.9. The Bertz CT molecular complexity index is 2280. The van der Waals surface area contributed by atoms with Gasteiger partial charge in [0, 0.05) is 37.4 Å². The van der Waals surface area contributed by atoms with E-state index < -0.39 is 41.4 Å². The molecule has 0 radical (unpaired) electrons. The Kier molecular flexibility index (Phi) is 9.95. The van der Waals surface area contributed by atoms with Gasteiger partial charge in [0.1, 0.15) is 17.9 Å². The van der Waals surface area contributed by atoms with Crippen LogP contribution in [0.5, 0.6) is 0 Å². The molecule has 1 aromatic heterocycles. The number of amides is 4. The number of carbonyl (C=O) groups is 4. The maximum absolute atomic E-state index is 16.0. The predicted molar refractivity (Wildman–Crippen MR) is 217 cm³/mol. The van der Waals surface area contributed by atoms with Gasteiger partial charge in [0.2, 0.25) is 11.8 Å². The highest BCUT2D eigenvalue weighted by Gasteiger charge is 2.59. The number of aromatic nitrogens is 1. The van der Waals surface area contributed by atoms with Crippen molar-refractivity contribution >= 4 is 69.6 Å². The van der Waals surface area contributed by atoms with Gasteiger partial charge in [-0.25, -0.2) is 9.37 Å². The minimum atomic E-state index is -0.990. The van der Waals surface area contributed by atoms with E-state index in [1.165, 1.54) is 6.20 Å². The van der Waals surface area contributed by atoms with Crippen LogP contribution < -0.4 is 20.0 Å². The van der Waals surface area contributed by atoms with Crippen molar-refractivity contribution in [1.29, 1.82) is 5.26 Å². The average Bonchev–Trinajstić information content (AvgIpc) is 3.59. The molecule has 13 nitrogen and oxygen atoms in total. The summed E-state index contributed by atoms with van der Waals surface area (Å²) < 4.78 is 16.0. The Labute approximate surface area is 345 Å². The molecule has 1 aliphatic carbocycles. The number of nitrogens with one attached hydrogen (secondary N) is 1. The topological polar surface area (TPSA) is 153 Å². The van der Waals surface area contributed by atoms with E-state index >= 15 is 4.39 Å². The summed E-state index contributed by atoms with van der Waals surface area (Å²) in [5.74, 6) is -1.72. The van der Waals surface area contributed by atoms with E-state index in [0.717, 1.165) is 75.4 Å². The fourth-order valence-electron chi connectivity index (χ4n) is 9.85. The maximum atomic E-state index is 16.0. The molecule has 2 aromatic carbocycles. The van der Waals surface area contributed by atoms with Crippen molar-refractivity contribution in [2.75, 3.05) is 47.4 Å². The number of thiocarbonyl (C=S) groups is 1. The first-order valence-electron chi connectivity index (χ1n) is 20.0. The molecule has 58 heavy (non-hydrogen) atoms. The lowest BCUT2D eigenvalue weighted by molar-refractivity contribution is -0.136. The van der Waals surface area contributed by atoms with Crippen LogP contribution in [0.2, 0.25) is 5.02 Å². The van der Waals surface area contributed by atoms with Crippen molar-refractivity contribution in [3.05, 3.63) is 81.9 Å². The number of carbonyl (C=O) groups excluding carboxylic acids is 4. The minimum absolute atomic E-state index is 0.0793. The molecule has 2 N–H and O–H groups in total. The number of hydrogen-bond donors (Lipinski definition) is 2.